The van der Waals surface area contributed by atoms with Gasteiger partial charge in [-0.3, -0.25) is 9.59 Å². The number of ether oxygens (including phenoxy) is 1. The van der Waals surface area contributed by atoms with Crippen molar-refractivity contribution in [3.8, 4) is 0 Å². The van der Waals surface area contributed by atoms with Gasteiger partial charge < -0.3 is 14.6 Å². The molecule has 0 aromatic heterocycles. The fraction of sp³-hybridized carbons (Fsp3) is 0.917. The second-order valence-corrected chi connectivity index (χ2v) is 17.7. The largest absolute Gasteiger partial charge is 0.481 e. The first-order valence-corrected chi connectivity index (χ1v) is 16.8. The van der Waals surface area contributed by atoms with Crippen LogP contribution in [0.1, 0.15) is 133 Å². The lowest BCUT2D eigenvalue weighted by atomic mass is 9.32. The molecule has 41 heavy (non-hydrogen) atoms. The number of carboxylic acids is 1. The maximum atomic E-state index is 12.9. The molecule has 5 aliphatic carbocycles. The first-order valence-electron chi connectivity index (χ1n) is 16.8. The van der Waals surface area contributed by atoms with Gasteiger partial charge in [0.1, 0.15) is 12.4 Å². The molecule has 0 radical (unpaired) electrons. The summed E-state index contributed by atoms with van der Waals surface area (Å²) < 4.78 is 6.12. The molecule has 0 aromatic rings. The molecule has 5 heteroatoms. The maximum absolute atomic E-state index is 12.9. The zero-order valence-corrected chi connectivity index (χ0v) is 27.5. The van der Waals surface area contributed by atoms with Gasteiger partial charge in [0.15, 0.2) is 0 Å². The van der Waals surface area contributed by atoms with Gasteiger partial charge >= 0.3 is 11.9 Å². The molecular formula is C36H58O5. The van der Waals surface area contributed by atoms with Gasteiger partial charge in [0.25, 0.3) is 0 Å². The third kappa shape index (κ3) is 4.31. The summed E-state index contributed by atoms with van der Waals surface area (Å²) in [5, 5.41) is 9.52. The van der Waals surface area contributed by atoms with Gasteiger partial charge in [-0.15, -0.1) is 0 Å². The van der Waals surface area contributed by atoms with Gasteiger partial charge in [-0.2, -0.15) is 0 Å². The molecule has 5 aliphatic rings. The van der Waals surface area contributed by atoms with Crippen LogP contribution in [0.3, 0.4) is 0 Å². The van der Waals surface area contributed by atoms with E-state index in [1.165, 1.54) is 38.4 Å². The minimum atomic E-state index is -1.12. The van der Waals surface area contributed by atoms with E-state index in [1.54, 1.807) is 13.8 Å². The van der Waals surface area contributed by atoms with Gasteiger partial charge in [-0.25, -0.2) is 0 Å². The molecule has 5 rings (SSSR count). The van der Waals surface area contributed by atoms with E-state index in [1.807, 2.05) is 0 Å². The summed E-state index contributed by atoms with van der Waals surface area (Å²) in [4.78, 5) is 37.3. The van der Waals surface area contributed by atoms with E-state index >= 15 is 0 Å². The molecule has 1 N–H and O–H groups in total. The number of carbonyl (C=O) groups is 3. The predicted octanol–water partition coefficient (Wildman–Crippen LogP) is 8.34. The van der Waals surface area contributed by atoms with E-state index in [-0.39, 0.29) is 45.6 Å². The molecule has 0 spiro atoms. The summed E-state index contributed by atoms with van der Waals surface area (Å²) >= 11 is 0. The van der Waals surface area contributed by atoms with E-state index in [0.717, 1.165) is 32.1 Å². The van der Waals surface area contributed by atoms with Crippen LogP contribution < -0.4 is 0 Å². The third-order valence-corrected chi connectivity index (χ3v) is 15.0. The van der Waals surface area contributed by atoms with Crippen molar-refractivity contribution in [1.82, 2.24) is 0 Å². The van der Waals surface area contributed by atoms with Crippen LogP contribution >= 0.6 is 0 Å². The van der Waals surface area contributed by atoms with Gasteiger partial charge in [0.2, 0.25) is 0 Å². The second kappa shape index (κ2) is 9.81. The van der Waals surface area contributed by atoms with Crippen molar-refractivity contribution in [1.29, 1.82) is 0 Å². The third-order valence-electron chi connectivity index (χ3n) is 15.0. The van der Waals surface area contributed by atoms with E-state index < -0.39 is 11.4 Å². The van der Waals surface area contributed by atoms with Crippen LogP contribution in [0, 0.1) is 68.0 Å². The monoisotopic (exact) mass is 570 g/mol. The highest BCUT2D eigenvalue weighted by molar-refractivity contribution is 5.81. The number of aldehydes is 1. The molecule has 5 saturated carbocycles. The fourth-order valence-corrected chi connectivity index (χ4v) is 12.5. The lowest BCUT2D eigenvalue weighted by molar-refractivity contribution is -0.249. The van der Waals surface area contributed by atoms with E-state index in [2.05, 4.69) is 48.5 Å². The molecular weight excluding hydrogens is 512 g/mol. The van der Waals surface area contributed by atoms with Crippen molar-refractivity contribution >= 4 is 18.2 Å². The Morgan fingerprint density at radius 3 is 2.17 bits per heavy atom. The van der Waals surface area contributed by atoms with Crippen molar-refractivity contribution < 1.29 is 24.2 Å². The Balaban J connectivity index is 1.41. The van der Waals surface area contributed by atoms with Crippen LogP contribution in [0.2, 0.25) is 0 Å². The highest BCUT2D eigenvalue weighted by Crippen LogP contribution is 2.77. The van der Waals surface area contributed by atoms with Crippen molar-refractivity contribution in [3.05, 3.63) is 0 Å². The van der Waals surface area contributed by atoms with Crippen molar-refractivity contribution in [2.75, 3.05) is 0 Å². The van der Waals surface area contributed by atoms with E-state index in [9.17, 15) is 19.5 Å². The summed E-state index contributed by atoms with van der Waals surface area (Å²) in [6.07, 6.45) is 12.4. The van der Waals surface area contributed by atoms with Gasteiger partial charge in [-0.1, -0.05) is 48.5 Å². The number of rotatable bonds is 6. The summed E-state index contributed by atoms with van der Waals surface area (Å²) in [5.41, 5.74) is -0.717. The molecule has 0 heterocycles. The highest BCUT2D eigenvalue weighted by atomic mass is 16.5. The summed E-state index contributed by atoms with van der Waals surface area (Å²) in [5.74, 6) is 2.18. The van der Waals surface area contributed by atoms with Crippen LogP contribution in [0.5, 0.6) is 0 Å². The van der Waals surface area contributed by atoms with Crippen LogP contribution in [-0.2, 0) is 19.1 Å². The van der Waals surface area contributed by atoms with Crippen molar-refractivity contribution in [3.63, 3.8) is 0 Å². The molecule has 5 nitrogen and oxygen atoms in total. The van der Waals surface area contributed by atoms with Crippen molar-refractivity contribution in [2.45, 2.75) is 139 Å². The second-order valence-electron chi connectivity index (χ2n) is 17.7. The van der Waals surface area contributed by atoms with Crippen LogP contribution in [0.25, 0.3) is 0 Å². The molecule has 10 atom stereocenters. The summed E-state index contributed by atoms with van der Waals surface area (Å²) in [7, 11) is 0. The number of esters is 1. The van der Waals surface area contributed by atoms with E-state index in [4.69, 9.17) is 4.74 Å². The SMILES string of the molecule is CC(C)[C@@H]1CC[C@]2(C=O)CC[C@]3(C)[C@H](CC[C@@H]4[C@@]5(C)CC[C@H](OC(=O)CC(C)(C)C(=O)O)C(C)(C)[C@@H]5CC[C@]43C)[C@@H]12. The Kier molecular flexibility index (Phi) is 7.43. The Bertz CT molecular complexity index is 1080. The summed E-state index contributed by atoms with van der Waals surface area (Å²) in [6.45, 7) is 20.4. The Labute approximate surface area is 249 Å². The number of fused-ring (bicyclic) bond motifs is 7. The Morgan fingerprint density at radius 2 is 1.56 bits per heavy atom. The smallest absolute Gasteiger partial charge is 0.309 e. The average molecular weight is 571 g/mol. The molecule has 5 fully saturated rings. The average Bonchev–Trinajstić information content (AvgIpc) is 3.26. The lowest BCUT2D eigenvalue weighted by Gasteiger charge is -2.72. The molecule has 0 aliphatic heterocycles. The Morgan fingerprint density at radius 1 is 0.878 bits per heavy atom. The molecule has 0 bridgehead atoms. The van der Waals surface area contributed by atoms with Crippen LogP contribution in [-0.4, -0.2) is 29.4 Å². The quantitative estimate of drug-likeness (QED) is 0.256. The molecule has 232 valence electrons. The van der Waals surface area contributed by atoms with Crippen LogP contribution in [0.15, 0.2) is 0 Å². The van der Waals surface area contributed by atoms with E-state index in [0.29, 0.717) is 35.5 Å². The minimum Gasteiger partial charge on any atom is -0.481 e. The maximum Gasteiger partial charge on any atom is 0.309 e. The Hall–Kier alpha value is -1.39. The first kappa shape index (κ1) is 31.0. The number of aliphatic carboxylic acids is 1. The van der Waals surface area contributed by atoms with Crippen LogP contribution in [0.4, 0.5) is 0 Å². The van der Waals surface area contributed by atoms with Gasteiger partial charge in [0.05, 0.1) is 11.8 Å². The molecule has 0 unspecified atom stereocenters. The highest BCUT2D eigenvalue weighted by Gasteiger charge is 2.71. The number of carbonyl (C=O) groups excluding carboxylic acids is 2. The van der Waals surface area contributed by atoms with Crippen molar-refractivity contribution in [2.24, 2.45) is 68.0 Å². The first-order chi connectivity index (χ1) is 18.9. The molecule has 0 amide bonds. The van der Waals surface area contributed by atoms with Gasteiger partial charge in [-0.05, 0) is 130 Å². The topological polar surface area (TPSA) is 80.7 Å². The zero-order valence-electron chi connectivity index (χ0n) is 27.5. The number of carboxylic acid groups (broad SMARTS) is 1. The zero-order chi connectivity index (χ0) is 30.4. The minimum absolute atomic E-state index is 0.0947. The fourth-order valence-electron chi connectivity index (χ4n) is 12.5. The normalized spacial score (nSPS) is 47.0. The standard InChI is InChI=1S/C36H58O5/c1-22(2)23-12-17-36(21-37)19-18-34(8)24(29(23)36)10-11-26-33(7)15-14-27(41-28(38)20-31(3,4)30(39)40)32(5,6)25(33)13-16-35(26,34)9/h21-27,29H,10-20H2,1-9H3,(H,39,40)/t23-,24+,25-,26+,27-,29+,33-,34+,35+,36+/m0/s1. The number of hydrogen-bond acceptors (Lipinski definition) is 4. The molecule has 0 aromatic carbocycles. The molecule has 0 saturated heterocycles. The number of hydrogen-bond donors (Lipinski definition) is 1. The lowest BCUT2D eigenvalue weighted by Crippen LogP contribution is -2.67. The summed E-state index contributed by atoms with van der Waals surface area (Å²) in [6, 6.07) is 0. The predicted molar refractivity (Wildman–Crippen MR) is 161 cm³/mol. The van der Waals surface area contributed by atoms with Gasteiger partial charge in [0, 0.05) is 10.8 Å².